The lowest BCUT2D eigenvalue weighted by molar-refractivity contribution is 0.0843. The van der Waals surface area contributed by atoms with Crippen LogP contribution < -0.4 is 15.2 Å². The molecule has 2 aliphatic rings. The summed E-state index contributed by atoms with van der Waals surface area (Å²) in [6.07, 6.45) is 2.95. The molecule has 1 saturated heterocycles. The van der Waals surface area contributed by atoms with Crippen LogP contribution in [0.2, 0.25) is 0 Å². The van der Waals surface area contributed by atoms with Crippen molar-refractivity contribution in [2.75, 3.05) is 31.2 Å². The Balaban J connectivity index is 1.40. The van der Waals surface area contributed by atoms with E-state index in [1.54, 1.807) is 10.7 Å². The minimum Gasteiger partial charge on any atom is -0.460 e. The summed E-state index contributed by atoms with van der Waals surface area (Å²) in [7, 11) is 0. The molecule has 1 fully saturated rings. The summed E-state index contributed by atoms with van der Waals surface area (Å²) >= 11 is 0. The van der Waals surface area contributed by atoms with Crippen molar-refractivity contribution in [1.29, 1.82) is 0 Å². The van der Waals surface area contributed by atoms with E-state index in [1.807, 2.05) is 53.5 Å². The van der Waals surface area contributed by atoms with Crippen molar-refractivity contribution in [2.45, 2.75) is 32.3 Å². The molecule has 0 saturated carbocycles. The van der Waals surface area contributed by atoms with E-state index in [0.717, 1.165) is 41.7 Å². The zero-order valence-corrected chi connectivity index (χ0v) is 19.4. The molecule has 0 aliphatic carbocycles. The number of alkyl halides is 1. The molecule has 2 aromatic carbocycles. The van der Waals surface area contributed by atoms with Gasteiger partial charge >= 0.3 is 0 Å². The highest BCUT2D eigenvalue weighted by molar-refractivity contribution is 5.84. The Morgan fingerprint density at radius 1 is 1.06 bits per heavy atom. The highest BCUT2D eigenvalue weighted by Gasteiger charge is 2.30. The SMILES string of the molecule is CC(F)Oc1ccccc1[C@H]1CCn2c(=O)c3ccc(-c4cnc(N5CCOCC5)nc4)cc3n21. The topological polar surface area (TPSA) is 74.4 Å². The Hall–Kier alpha value is -3.72. The molecular formula is C26H26FN5O3. The molecule has 8 nitrogen and oxygen atoms in total. The molecular weight excluding hydrogens is 449 g/mol. The number of morpholine rings is 1. The van der Waals surface area contributed by atoms with Crippen molar-refractivity contribution >= 4 is 16.9 Å². The van der Waals surface area contributed by atoms with Crippen LogP contribution >= 0.6 is 0 Å². The normalized spacial score (nSPS) is 18.6. The zero-order valence-electron chi connectivity index (χ0n) is 19.4. The van der Waals surface area contributed by atoms with Gasteiger partial charge in [-0.3, -0.25) is 9.48 Å². The Kier molecular flexibility index (Phi) is 5.49. The number of halogens is 1. The number of para-hydroxylation sites is 1. The van der Waals surface area contributed by atoms with Gasteiger partial charge in [0.1, 0.15) is 5.75 Å². The van der Waals surface area contributed by atoms with Crippen LogP contribution in [0.15, 0.2) is 59.7 Å². The first-order valence-electron chi connectivity index (χ1n) is 11.9. The third-order valence-electron chi connectivity index (χ3n) is 6.71. The number of aromatic nitrogens is 4. The van der Waals surface area contributed by atoms with Gasteiger partial charge in [0, 0.05) is 50.1 Å². The molecule has 1 unspecified atom stereocenters. The Morgan fingerprint density at radius 3 is 2.60 bits per heavy atom. The number of hydrogen-bond donors (Lipinski definition) is 0. The lowest BCUT2D eigenvalue weighted by Gasteiger charge is -2.26. The molecule has 9 heteroatoms. The molecule has 0 spiro atoms. The van der Waals surface area contributed by atoms with E-state index in [0.29, 0.717) is 36.8 Å². The number of fused-ring (bicyclic) bond motifs is 3. The van der Waals surface area contributed by atoms with Crippen molar-refractivity contribution in [3.63, 3.8) is 0 Å². The summed E-state index contributed by atoms with van der Waals surface area (Å²) in [5.41, 5.74) is 3.48. The zero-order chi connectivity index (χ0) is 23.9. The molecule has 35 heavy (non-hydrogen) atoms. The van der Waals surface area contributed by atoms with Crippen LogP contribution in [0.4, 0.5) is 10.3 Å². The fraction of sp³-hybridized carbons (Fsp3) is 0.346. The van der Waals surface area contributed by atoms with Gasteiger partial charge in [-0.1, -0.05) is 24.3 Å². The van der Waals surface area contributed by atoms with Crippen LogP contribution in [0.5, 0.6) is 5.75 Å². The monoisotopic (exact) mass is 475 g/mol. The van der Waals surface area contributed by atoms with Crippen molar-refractivity contribution in [3.05, 3.63) is 70.8 Å². The Morgan fingerprint density at radius 2 is 1.83 bits per heavy atom. The predicted molar refractivity (Wildman–Crippen MR) is 131 cm³/mol. The highest BCUT2D eigenvalue weighted by Crippen LogP contribution is 2.37. The lowest BCUT2D eigenvalue weighted by Crippen LogP contribution is -2.37. The summed E-state index contributed by atoms with van der Waals surface area (Å²) in [6.45, 7) is 4.86. The fourth-order valence-electron chi connectivity index (χ4n) is 5.08. The summed E-state index contributed by atoms with van der Waals surface area (Å²) in [5, 5.41) is 0.654. The van der Waals surface area contributed by atoms with E-state index < -0.39 is 6.36 Å². The van der Waals surface area contributed by atoms with E-state index in [1.165, 1.54) is 6.92 Å². The minimum absolute atomic E-state index is 0.0229. The molecule has 0 amide bonds. The van der Waals surface area contributed by atoms with Crippen LogP contribution in [0.3, 0.4) is 0 Å². The van der Waals surface area contributed by atoms with Crippen molar-refractivity contribution in [1.82, 2.24) is 19.3 Å². The van der Waals surface area contributed by atoms with Crippen molar-refractivity contribution < 1.29 is 13.9 Å². The maximum atomic E-state index is 13.7. The van der Waals surface area contributed by atoms with Crippen LogP contribution in [0.25, 0.3) is 22.0 Å². The molecule has 2 atom stereocenters. The average molecular weight is 476 g/mol. The van der Waals surface area contributed by atoms with Crippen LogP contribution in [-0.2, 0) is 11.3 Å². The van der Waals surface area contributed by atoms with Crippen LogP contribution in [0, 0.1) is 0 Å². The summed E-state index contributed by atoms with van der Waals surface area (Å²) in [5.74, 6) is 1.19. The van der Waals surface area contributed by atoms with E-state index in [9.17, 15) is 9.18 Å². The molecule has 0 bridgehead atoms. The average Bonchev–Trinajstić information content (AvgIpc) is 3.44. The lowest BCUT2D eigenvalue weighted by atomic mass is 10.0. The highest BCUT2D eigenvalue weighted by atomic mass is 19.1. The molecule has 4 heterocycles. The summed E-state index contributed by atoms with van der Waals surface area (Å²) in [6, 6.07) is 13.1. The third kappa shape index (κ3) is 3.85. The standard InChI is InChI=1S/C26H26FN5O3/c1-17(27)35-24-5-3-2-4-20(24)22-8-9-31-25(33)21-7-6-18(14-23(21)32(22)31)19-15-28-26(29-16-19)30-10-12-34-13-11-30/h2-7,14-17,22H,8-13H2,1H3/t17?,22-/m1/s1. The first-order chi connectivity index (χ1) is 17.1. The van der Waals surface area contributed by atoms with E-state index in [2.05, 4.69) is 14.9 Å². The van der Waals surface area contributed by atoms with E-state index in [4.69, 9.17) is 9.47 Å². The van der Waals surface area contributed by atoms with Gasteiger partial charge in [-0.05, 0) is 30.2 Å². The van der Waals surface area contributed by atoms with E-state index in [-0.39, 0.29) is 11.6 Å². The van der Waals surface area contributed by atoms with Gasteiger partial charge in [-0.15, -0.1) is 0 Å². The number of anilines is 1. The second-order valence-electron chi connectivity index (χ2n) is 8.88. The summed E-state index contributed by atoms with van der Waals surface area (Å²) < 4.78 is 28.3. The van der Waals surface area contributed by atoms with Gasteiger partial charge < -0.3 is 14.4 Å². The van der Waals surface area contributed by atoms with Crippen LogP contribution in [-0.4, -0.2) is 52.0 Å². The molecule has 2 aliphatic heterocycles. The number of hydrogen-bond acceptors (Lipinski definition) is 6. The van der Waals surface area contributed by atoms with Gasteiger partial charge in [0.05, 0.1) is 30.2 Å². The number of nitrogens with zero attached hydrogens (tertiary/aromatic N) is 5. The smallest absolute Gasteiger partial charge is 0.274 e. The van der Waals surface area contributed by atoms with Crippen molar-refractivity contribution in [3.8, 4) is 16.9 Å². The van der Waals surface area contributed by atoms with Gasteiger partial charge in [0.25, 0.3) is 5.56 Å². The Bertz CT molecular complexity index is 1420. The molecule has 4 aromatic rings. The van der Waals surface area contributed by atoms with Gasteiger partial charge in [-0.25, -0.2) is 19.0 Å². The molecule has 0 N–H and O–H groups in total. The fourth-order valence-corrected chi connectivity index (χ4v) is 5.08. The molecule has 6 rings (SSSR count). The van der Waals surface area contributed by atoms with Gasteiger partial charge in [0.2, 0.25) is 12.3 Å². The third-order valence-corrected chi connectivity index (χ3v) is 6.71. The largest absolute Gasteiger partial charge is 0.460 e. The maximum Gasteiger partial charge on any atom is 0.274 e. The quantitative estimate of drug-likeness (QED) is 0.437. The number of ether oxygens (including phenoxy) is 2. The first-order valence-corrected chi connectivity index (χ1v) is 11.9. The van der Waals surface area contributed by atoms with Gasteiger partial charge in [-0.2, -0.15) is 0 Å². The minimum atomic E-state index is -1.42. The maximum absolute atomic E-state index is 13.7. The van der Waals surface area contributed by atoms with E-state index >= 15 is 0 Å². The van der Waals surface area contributed by atoms with Crippen molar-refractivity contribution in [2.24, 2.45) is 0 Å². The second kappa shape index (κ2) is 8.81. The van der Waals surface area contributed by atoms with Gasteiger partial charge in [0.15, 0.2) is 0 Å². The first kappa shape index (κ1) is 21.8. The number of rotatable bonds is 5. The molecule has 180 valence electrons. The van der Waals surface area contributed by atoms with Crippen LogP contribution in [0.1, 0.15) is 24.9 Å². The summed E-state index contributed by atoms with van der Waals surface area (Å²) in [4.78, 5) is 24.4. The second-order valence-corrected chi connectivity index (χ2v) is 8.88. The Labute approximate surface area is 201 Å². The molecule has 0 radical (unpaired) electrons. The number of benzene rings is 2. The predicted octanol–water partition coefficient (Wildman–Crippen LogP) is 3.78. The molecule has 2 aromatic heterocycles.